The fraction of sp³-hybridized carbons (Fsp3) is 0.350. The normalized spacial score (nSPS) is 10.2. The molecule has 1 heterocycles. The molecule has 2 aromatic rings. The molecule has 0 aliphatic carbocycles. The molecule has 26 heavy (non-hydrogen) atoms. The summed E-state index contributed by atoms with van der Waals surface area (Å²) in [6, 6.07) is 12.5. The fourth-order valence-corrected chi connectivity index (χ4v) is 2.59. The first-order valence-corrected chi connectivity index (χ1v) is 8.98. The number of anilines is 2. The molecule has 0 unspecified atom stereocenters. The second kappa shape index (κ2) is 10.2. The molecule has 0 saturated heterocycles. The number of hydrogen-bond donors (Lipinski definition) is 2. The van der Waals surface area contributed by atoms with E-state index in [2.05, 4.69) is 34.4 Å². The Labute approximate surface area is 154 Å². The summed E-state index contributed by atoms with van der Waals surface area (Å²) in [4.78, 5) is 30.6. The van der Waals surface area contributed by atoms with Gasteiger partial charge in [-0.05, 0) is 37.1 Å². The van der Waals surface area contributed by atoms with E-state index >= 15 is 0 Å². The Balaban J connectivity index is 1.86. The summed E-state index contributed by atoms with van der Waals surface area (Å²) >= 11 is 0. The Morgan fingerprint density at radius 2 is 1.69 bits per heavy atom. The van der Waals surface area contributed by atoms with Crippen LogP contribution in [-0.2, 0) is 4.79 Å². The molecule has 2 amide bonds. The number of hydrogen-bond acceptors (Lipinski definition) is 4. The van der Waals surface area contributed by atoms with E-state index in [9.17, 15) is 9.59 Å². The van der Waals surface area contributed by atoms with Gasteiger partial charge in [0.25, 0.3) is 5.91 Å². The Kier molecular flexibility index (Phi) is 7.61. The Morgan fingerprint density at radius 3 is 2.27 bits per heavy atom. The number of amides is 2. The van der Waals surface area contributed by atoms with Crippen molar-refractivity contribution in [3.8, 4) is 0 Å². The highest BCUT2D eigenvalue weighted by molar-refractivity contribution is 5.99. The number of nitrogens with one attached hydrogen (secondary N) is 2. The van der Waals surface area contributed by atoms with Gasteiger partial charge in [-0.3, -0.25) is 9.59 Å². The fourth-order valence-electron chi connectivity index (χ4n) is 2.59. The summed E-state index contributed by atoms with van der Waals surface area (Å²) in [7, 11) is 0. The molecule has 138 valence electrons. The lowest BCUT2D eigenvalue weighted by molar-refractivity contribution is -0.115. The summed E-state index contributed by atoms with van der Waals surface area (Å²) in [6.45, 7) is 6.10. The molecule has 0 fully saturated rings. The SMILES string of the molecule is CCCN(CCC)c1ccc(NC(=O)CNC(=O)c2ccccc2)cn1. The third-order valence-electron chi connectivity index (χ3n) is 3.79. The van der Waals surface area contributed by atoms with Crippen LogP contribution in [0.2, 0.25) is 0 Å². The minimum absolute atomic E-state index is 0.0900. The van der Waals surface area contributed by atoms with Crippen molar-refractivity contribution < 1.29 is 9.59 Å². The highest BCUT2D eigenvalue weighted by Gasteiger charge is 2.09. The molecule has 0 aliphatic rings. The highest BCUT2D eigenvalue weighted by Crippen LogP contribution is 2.15. The molecular weight excluding hydrogens is 328 g/mol. The zero-order valence-corrected chi connectivity index (χ0v) is 15.4. The number of rotatable bonds is 9. The van der Waals surface area contributed by atoms with Crippen LogP contribution in [0.25, 0.3) is 0 Å². The second-order valence-electron chi connectivity index (χ2n) is 5.99. The molecule has 0 saturated carbocycles. The summed E-state index contributed by atoms with van der Waals surface area (Å²) < 4.78 is 0. The van der Waals surface area contributed by atoms with Gasteiger partial charge in [-0.2, -0.15) is 0 Å². The zero-order valence-electron chi connectivity index (χ0n) is 15.4. The van der Waals surface area contributed by atoms with Crippen LogP contribution in [0.3, 0.4) is 0 Å². The molecule has 0 spiro atoms. The standard InChI is InChI=1S/C20H26N4O2/c1-3-12-24(13-4-2)18-11-10-17(14-21-18)23-19(25)15-22-20(26)16-8-6-5-7-9-16/h5-11,14H,3-4,12-13,15H2,1-2H3,(H,22,26)(H,23,25). The third kappa shape index (κ3) is 5.88. The van der Waals surface area contributed by atoms with Crippen LogP contribution >= 0.6 is 0 Å². The van der Waals surface area contributed by atoms with Gasteiger partial charge in [0.15, 0.2) is 0 Å². The van der Waals surface area contributed by atoms with E-state index in [0.717, 1.165) is 31.7 Å². The van der Waals surface area contributed by atoms with E-state index in [-0.39, 0.29) is 18.4 Å². The molecule has 2 N–H and O–H groups in total. The van der Waals surface area contributed by atoms with Crippen LogP contribution < -0.4 is 15.5 Å². The minimum Gasteiger partial charge on any atom is -0.357 e. The van der Waals surface area contributed by atoms with Gasteiger partial charge in [0, 0.05) is 18.7 Å². The van der Waals surface area contributed by atoms with Crippen molar-refractivity contribution in [3.05, 3.63) is 54.2 Å². The molecular formula is C20H26N4O2. The van der Waals surface area contributed by atoms with Crippen molar-refractivity contribution >= 4 is 23.3 Å². The maximum atomic E-state index is 12.0. The predicted molar refractivity (Wildman–Crippen MR) is 104 cm³/mol. The molecule has 2 rings (SSSR count). The summed E-state index contributed by atoms with van der Waals surface area (Å²) in [5.41, 5.74) is 1.14. The van der Waals surface area contributed by atoms with Crippen LogP contribution in [0.15, 0.2) is 48.7 Å². The maximum Gasteiger partial charge on any atom is 0.251 e. The van der Waals surface area contributed by atoms with E-state index in [1.807, 2.05) is 18.2 Å². The Morgan fingerprint density at radius 1 is 1.00 bits per heavy atom. The molecule has 6 heteroatoms. The summed E-state index contributed by atoms with van der Waals surface area (Å²) in [6.07, 6.45) is 3.76. The molecule has 6 nitrogen and oxygen atoms in total. The zero-order chi connectivity index (χ0) is 18.8. The number of benzene rings is 1. The average molecular weight is 354 g/mol. The van der Waals surface area contributed by atoms with E-state index in [1.54, 1.807) is 30.5 Å². The van der Waals surface area contributed by atoms with E-state index in [0.29, 0.717) is 11.3 Å². The van der Waals surface area contributed by atoms with Crippen molar-refractivity contribution in [1.29, 1.82) is 0 Å². The molecule has 0 aliphatic heterocycles. The van der Waals surface area contributed by atoms with Gasteiger partial charge in [0.1, 0.15) is 5.82 Å². The molecule has 1 aromatic carbocycles. The number of carbonyl (C=O) groups is 2. The van der Waals surface area contributed by atoms with Gasteiger partial charge in [-0.25, -0.2) is 4.98 Å². The molecule has 1 aromatic heterocycles. The van der Waals surface area contributed by atoms with E-state index in [4.69, 9.17) is 0 Å². The van der Waals surface area contributed by atoms with Gasteiger partial charge < -0.3 is 15.5 Å². The first-order valence-electron chi connectivity index (χ1n) is 8.98. The molecule has 0 bridgehead atoms. The van der Waals surface area contributed by atoms with Gasteiger partial charge >= 0.3 is 0 Å². The van der Waals surface area contributed by atoms with Crippen LogP contribution in [0.1, 0.15) is 37.0 Å². The third-order valence-corrected chi connectivity index (χ3v) is 3.79. The quantitative estimate of drug-likeness (QED) is 0.726. The smallest absolute Gasteiger partial charge is 0.251 e. The van der Waals surface area contributed by atoms with Gasteiger partial charge in [-0.15, -0.1) is 0 Å². The van der Waals surface area contributed by atoms with Crippen molar-refractivity contribution in [2.75, 3.05) is 29.9 Å². The van der Waals surface area contributed by atoms with Crippen LogP contribution in [0.4, 0.5) is 11.5 Å². The monoisotopic (exact) mass is 354 g/mol. The van der Waals surface area contributed by atoms with Crippen LogP contribution in [-0.4, -0.2) is 36.4 Å². The lowest BCUT2D eigenvalue weighted by Gasteiger charge is -2.22. The van der Waals surface area contributed by atoms with Gasteiger partial charge in [0.2, 0.25) is 5.91 Å². The van der Waals surface area contributed by atoms with Crippen LogP contribution in [0, 0.1) is 0 Å². The average Bonchev–Trinajstić information content (AvgIpc) is 2.67. The first-order chi connectivity index (χ1) is 12.6. The molecule has 0 atom stereocenters. The largest absolute Gasteiger partial charge is 0.357 e. The summed E-state index contributed by atoms with van der Waals surface area (Å²) in [5.74, 6) is 0.343. The lowest BCUT2D eigenvalue weighted by Crippen LogP contribution is -2.32. The van der Waals surface area contributed by atoms with Gasteiger partial charge in [-0.1, -0.05) is 32.0 Å². The second-order valence-corrected chi connectivity index (χ2v) is 5.99. The van der Waals surface area contributed by atoms with Crippen molar-refractivity contribution in [3.63, 3.8) is 0 Å². The maximum absolute atomic E-state index is 12.0. The Bertz CT molecular complexity index is 696. The van der Waals surface area contributed by atoms with Gasteiger partial charge in [0.05, 0.1) is 18.4 Å². The van der Waals surface area contributed by atoms with Crippen molar-refractivity contribution in [1.82, 2.24) is 10.3 Å². The lowest BCUT2D eigenvalue weighted by atomic mass is 10.2. The minimum atomic E-state index is -0.289. The molecule has 0 radical (unpaired) electrons. The number of aromatic nitrogens is 1. The number of pyridine rings is 1. The number of carbonyl (C=O) groups excluding carboxylic acids is 2. The van der Waals surface area contributed by atoms with Crippen molar-refractivity contribution in [2.45, 2.75) is 26.7 Å². The Hall–Kier alpha value is -2.89. The first kappa shape index (κ1) is 19.4. The van der Waals surface area contributed by atoms with E-state index < -0.39 is 0 Å². The summed E-state index contributed by atoms with van der Waals surface area (Å²) in [5, 5.41) is 5.35. The predicted octanol–water partition coefficient (Wildman–Crippen LogP) is 3.08. The topological polar surface area (TPSA) is 74.3 Å². The van der Waals surface area contributed by atoms with Crippen molar-refractivity contribution in [2.24, 2.45) is 0 Å². The van der Waals surface area contributed by atoms with Crippen LogP contribution in [0.5, 0.6) is 0 Å². The van der Waals surface area contributed by atoms with E-state index in [1.165, 1.54) is 0 Å². The number of nitrogens with zero attached hydrogens (tertiary/aromatic N) is 2. The highest BCUT2D eigenvalue weighted by atomic mass is 16.2.